The van der Waals surface area contributed by atoms with Gasteiger partial charge in [0, 0.05) is 31.0 Å². The maximum atomic E-state index is 5.47. The number of likely N-dealkylation sites (N-methyl/N-ethyl adjacent to an activating group) is 1. The van der Waals surface area contributed by atoms with Crippen LogP contribution in [0, 0.1) is 0 Å². The molecule has 0 amide bonds. The molecule has 5 nitrogen and oxygen atoms in total. The largest absolute Gasteiger partial charge is 0.378 e. The van der Waals surface area contributed by atoms with Crippen molar-refractivity contribution in [2.75, 3.05) is 45.7 Å². The Kier molecular flexibility index (Phi) is 7.07. The molecule has 1 heterocycles. The van der Waals surface area contributed by atoms with E-state index < -0.39 is 0 Å². The van der Waals surface area contributed by atoms with Gasteiger partial charge in [-0.3, -0.25) is 0 Å². The molecule has 0 aliphatic carbocycles. The van der Waals surface area contributed by atoms with Crippen LogP contribution in [0.5, 0.6) is 0 Å². The van der Waals surface area contributed by atoms with Crippen LogP contribution in [-0.2, 0) is 11.2 Å². The average molecular weight is 258 g/mol. The molecule has 0 aliphatic rings. The summed E-state index contributed by atoms with van der Waals surface area (Å²) >= 11 is 1.42. The summed E-state index contributed by atoms with van der Waals surface area (Å²) in [6.45, 7) is 5.35. The minimum atomic E-state index is 0.705. The Morgan fingerprint density at radius 2 is 2.18 bits per heavy atom. The first kappa shape index (κ1) is 14.3. The fourth-order valence-corrected chi connectivity index (χ4v) is 1.87. The van der Waals surface area contributed by atoms with Crippen molar-refractivity contribution in [1.82, 2.24) is 14.3 Å². The number of hydrogen-bond donors (Lipinski definition) is 1. The Morgan fingerprint density at radius 3 is 2.88 bits per heavy atom. The SMILES string of the molecule is CCCc1nsc(NCCOCCN(C)C)n1. The van der Waals surface area contributed by atoms with E-state index in [4.69, 9.17) is 4.74 Å². The highest BCUT2D eigenvalue weighted by atomic mass is 32.1. The summed E-state index contributed by atoms with van der Waals surface area (Å²) < 4.78 is 9.74. The van der Waals surface area contributed by atoms with Crippen molar-refractivity contribution >= 4 is 16.7 Å². The van der Waals surface area contributed by atoms with Gasteiger partial charge in [0.25, 0.3) is 0 Å². The van der Waals surface area contributed by atoms with Gasteiger partial charge in [0.05, 0.1) is 13.2 Å². The van der Waals surface area contributed by atoms with E-state index in [1.54, 1.807) is 0 Å². The first-order valence-corrected chi connectivity index (χ1v) is 6.78. The van der Waals surface area contributed by atoms with Crippen LogP contribution in [0.25, 0.3) is 0 Å². The summed E-state index contributed by atoms with van der Waals surface area (Å²) in [7, 11) is 4.08. The van der Waals surface area contributed by atoms with Gasteiger partial charge in [-0.25, -0.2) is 4.98 Å². The predicted octanol–water partition coefficient (Wildman–Crippen LogP) is 1.48. The molecular formula is C11H22N4OS. The molecule has 1 rings (SSSR count). The summed E-state index contributed by atoms with van der Waals surface area (Å²) in [6.07, 6.45) is 2.04. The van der Waals surface area contributed by atoms with Crippen LogP contribution >= 0.6 is 11.5 Å². The molecule has 1 aromatic rings. The monoisotopic (exact) mass is 258 g/mol. The minimum absolute atomic E-state index is 0.705. The Hall–Kier alpha value is -0.720. The third kappa shape index (κ3) is 6.55. The number of ether oxygens (including phenoxy) is 1. The topological polar surface area (TPSA) is 50.3 Å². The van der Waals surface area contributed by atoms with Gasteiger partial charge in [-0.15, -0.1) is 0 Å². The van der Waals surface area contributed by atoms with Crippen molar-refractivity contribution in [3.05, 3.63) is 5.82 Å². The van der Waals surface area contributed by atoms with Gasteiger partial charge in [0.2, 0.25) is 5.13 Å². The highest BCUT2D eigenvalue weighted by molar-refractivity contribution is 7.09. The van der Waals surface area contributed by atoms with Gasteiger partial charge >= 0.3 is 0 Å². The summed E-state index contributed by atoms with van der Waals surface area (Å²) in [6, 6.07) is 0. The highest BCUT2D eigenvalue weighted by Crippen LogP contribution is 2.11. The second-order valence-electron chi connectivity index (χ2n) is 4.11. The summed E-state index contributed by atoms with van der Waals surface area (Å²) in [4.78, 5) is 6.48. The van der Waals surface area contributed by atoms with E-state index in [1.165, 1.54) is 11.5 Å². The van der Waals surface area contributed by atoms with Crippen molar-refractivity contribution in [1.29, 1.82) is 0 Å². The first-order valence-electron chi connectivity index (χ1n) is 6.01. The molecular weight excluding hydrogens is 236 g/mol. The number of anilines is 1. The zero-order valence-electron chi connectivity index (χ0n) is 10.9. The Labute approximate surface area is 107 Å². The van der Waals surface area contributed by atoms with E-state index in [0.717, 1.165) is 43.5 Å². The molecule has 1 N–H and O–H groups in total. The molecule has 0 saturated carbocycles. The summed E-state index contributed by atoms with van der Waals surface area (Å²) in [5.41, 5.74) is 0. The number of aromatic nitrogens is 2. The minimum Gasteiger partial charge on any atom is -0.378 e. The van der Waals surface area contributed by atoms with Crippen molar-refractivity contribution in [2.24, 2.45) is 0 Å². The molecule has 17 heavy (non-hydrogen) atoms. The lowest BCUT2D eigenvalue weighted by molar-refractivity contribution is 0.126. The molecule has 0 fully saturated rings. The second-order valence-corrected chi connectivity index (χ2v) is 4.86. The molecule has 0 atom stereocenters. The van der Waals surface area contributed by atoms with Crippen LogP contribution < -0.4 is 5.32 Å². The molecule has 0 spiro atoms. The Bertz CT molecular complexity index is 303. The van der Waals surface area contributed by atoms with Gasteiger partial charge in [-0.1, -0.05) is 6.92 Å². The van der Waals surface area contributed by atoms with Crippen LogP contribution in [0.15, 0.2) is 0 Å². The van der Waals surface area contributed by atoms with E-state index in [0.29, 0.717) is 6.61 Å². The lowest BCUT2D eigenvalue weighted by Gasteiger charge is -2.09. The highest BCUT2D eigenvalue weighted by Gasteiger charge is 2.01. The second kappa shape index (κ2) is 8.38. The van der Waals surface area contributed by atoms with E-state index in [-0.39, 0.29) is 0 Å². The maximum Gasteiger partial charge on any atom is 0.202 e. The Morgan fingerprint density at radius 1 is 1.35 bits per heavy atom. The fraction of sp³-hybridized carbons (Fsp3) is 0.818. The third-order valence-corrected chi connectivity index (χ3v) is 2.86. The van der Waals surface area contributed by atoms with Gasteiger partial charge in [0.15, 0.2) is 0 Å². The third-order valence-electron chi connectivity index (χ3n) is 2.15. The molecule has 0 unspecified atom stereocenters. The van der Waals surface area contributed by atoms with Crippen molar-refractivity contribution in [3.63, 3.8) is 0 Å². The smallest absolute Gasteiger partial charge is 0.202 e. The van der Waals surface area contributed by atoms with E-state index in [9.17, 15) is 0 Å². The maximum absolute atomic E-state index is 5.47. The zero-order valence-corrected chi connectivity index (χ0v) is 11.7. The number of nitrogens with one attached hydrogen (secondary N) is 1. The van der Waals surface area contributed by atoms with Gasteiger partial charge in [-0.05, 0) is 20.5 Å². The van der Waals surface area contributed by atoms with Crippen LogP contribution in [0.4, 0.5) is 5.13 Å². The van der Waals surface area contributed by atoms with E-state index in [1.807, 2.05) is 14.1 Å². The van der Waals surface area contributed by atoms with Gasteiger partial charge < -0.3 is 15.0 Å². The zero-order chi connectivity index (χ0) is 12.5. The normalized spacial score (nSPS) is 11.1. The molecule has 0 aromatic carbocycles. The number of hydrogen-bond acceptors (Lipinski definition) is 6. The molecule has 0 bridgehead atoms. The molecule has 0 aliphatic heterocycles. The van der Waals surface area contributed by atoms with Gasteiger partial charge in [-0.2, -0.15) is 4.37 Å². The molecule has 1 aromatic heterocycles. The molecule has 6 heteroatoms. The lowest BCUT2D eigenvalue weighted by atomic mass is 10.3. The van der Waals surface area contributed by atoms with Crippen LogP contribution in [0.2, 0.25) is 0 Å². The van der Waals surface area contributed by atoms with Gasteiger partial charge in [0.1, 0.15) is 5.82 Å². The van der Waals surface area contributed by atoms with E-state index in [2.05, 4.69) is 26.5 Å². The van der Waals surface area contributed by atoms with Crippen molar-refractivity contribution < 1.29 is 4.74 Å². The standard InChI is InChI=1S/C11H22N4OS/c1-4-5-10-13-11(17-14-10)12-6-8-16-9-7-15(2)3/h4-9H2,1-3H3,(H,12,13,14). The first-order chi connectivity index (χ1) is 8.22. The van der Waals surface area contributed by atoms with Crippen LogP contribution in [0.3, 0.4) is 0 Å². The number of aryl methyl sites for hydroxylation is 1. The lowest BCUT2D eigenvalue weighted by Crippen LogP contribution is -2.20. The number of rotatable bonds is 9. The van der Waals surface area contributed by atoms with Crippen molar-refractivity contribution in [3.8, 4) is 0 Å². The van der Waals surface area contributed by atoms with Crippen molar-refractivity contribution in [2.45, 2.75) is 19.8 Å². The predicted molar refractivity (Wildman–Crippen MR) is 71.8 cm³/mol. The fourth-order valence-electron chi connectivity index (χ4n) is 1.23. The summed E-state index contributed by atoms with van der Waals surface area (Å²) in [5.74, 6) is 0.938. The molecule has 0 saturated heterocycles. The number of nitrogens with zero attached hydrogens (tertiary/aromatic N) is 3. The van der Waals surface area contributed by atoms with E-state index >= 15 is 0 Å². The van der Waals surface area contributed by atoms with Crippen LogP contribution in [-0.4, -0.2) is 54.7 Å². The molecule has 0 radical (unpaired) electrons. The molecule has 98 valence electrons. The summed E-state index contributed by atoms with van der Waals surface area (Å²) in [5, 5.41) is 4.11. The Balaban J connectivity index is 2.05. The quantitative estimate of drug-likeness (QED) is 0.680. The average Bonchev–Trinajstić information content (AvgIpc) is 2.71. The van der Waals surface area contributed by atoms with Crippen LogP contribution in [0.1, 0.15) is 19.2 Å².